The summed E-state index contributed by atoms with van der Waals surface area (Å²) in [5, 5.41) is 5.71. The van der Waals surface area contributed by atoms with Crippen molar-refractivity contribution in [3.05, 3.63) is 106 Å². The Morgan fingerprint density at radius 1 is 0.949 bits per heavy atom. The lowest BCUT2D eigenvalue weighted by Crippen LogP contribution is -2.45. The Morgan fingerprint density at radius 3 is 2.38 bits per heavy atom. The van der Waals surface area contributed by atoms with Crippen molar-refractivity contribution in [1.29, 1.82) is 0 Å². The first-order chi connectivity index (χ1) is 18.7. The van der Waals surface area contributed by atoms with Gasteiger partial charge in [0.15, 0.2) is 5.76 Å². The summed E-state index contributed by atoms with van der Waals surface area (Å²) in [7, 11) is -2.70. The fourth-order valence-corrected chi connectivity index (χ4v) is 5.09. The Kier molecular flexibility index (Phi) is 8.80. The van der Waals surface area contributed by atoms with E-state index in [0.29, 0.717) is 0 Å². The standard InChI is InChI=1S/C27H23Cl2N3O6S/c1-37-24-12-9-18(15-22(24)32-39(35,36)19-10-11-20(28)21(29)16-19)30-26(33)23(14-17-6-3-2-4-7-17)31-27(34)25-8-5-13-38-25/h2-13,15-16,23,32H,14H2,1H3,(H,30,33)(H,31,34)/t23-/m0/s1. The summed E-state index contributed by atoms with van der Waals surface area (Å²) in [5.74, 6) is -0.809. The molecular formula is C27H23Cl2N3O6S. The van der Waals surface area contributed by atoms with E-state index in [1.165, 1.54) is 49.8 Å². The molecule has 0 saturated carbocycles. The van der Waals surface area contributed by atoms with Crippen molar-refractivity contribution in [1.82, 2.24) is 5.32 Å². The molecule has 0 aliphatic carbocycles. The number of rotatable bonds is 10. The average molecular weight is 588 g/mol. The van der Waals surface area contributed by atoms with E-state index in [2.05, 4.69) is 15.4 Å². The molecule has 2 amide bonds. The first kappa shape index (κ1) is 28.0. The summed E-state index contributed by atoms with van der Waals surface area (Å²) < 4.78 is 38.9. The Bertz CT molecular complexity index is 1580. The maximum absolute atomic E-state index is 13.3. The third kappa shape index (κ3) is 7.11. The number of hydrogen-bond donors (Lipinski definition) is 3. The zero-order valence-electron chi connectivity index (χ0n) is 20.5. The number of amides is 2. The average Bonchev–Trinajstić information content (AvgIpc) is 3.46. The van der Waals surface area contributed by atoms with Crippen LogP contribution in [0.25, 0.3) is 0 Å². The number of methoxy groups -OCH3 is 1. The molecular weight excluding hydrogens is 565 g/mol. The molecule has 0 aliphatic heterocycles. The van der Waals surface area contributed by atoms with Crippen LogP contribution in [0.1, 0.15) is 16.1 Å². The highest BCUT2D eigenvalue weighted by atomic mass is 35.5. The number of benzene rings is 3. The zero-order chi connectivity index (χ0) is 28.0. The van der Waals surface area contributed by atoms with E-state index in [4.69, 9.17) is 32.4 Å². The Balaban J connectivity index is 1.57. The predicted octanol–water partition coefficient (Wildman–Crippen LogP) is 5.38. The Hall–Kier alpha value is -3.99. The number of ether oxygens (including phenoxy) is 1. The van der Waals surface area contributed by atoms with Gasteiger partial charge in [-0.25, -0.2) is 8.42 Å². The van der Waals surface area contributed by atoms with E-state index in [1.807, 2.05) is 30.3 Å². The van der Waals surface area contributed by atoms with Crippen molar-refractivity contribution in [2.24, 2.45) is 0 Å². The van der Waals surface area contributed by atoms with Crippen LogP contribution in [0, 0.1) is 0 Å². The lowest BCUT2D eigenvalue weighted by atomic mass is 10.0. The minimum atomic E-state index is -4.08. The van der Waals surface area contributed by atoms with Gasteiger partial charge in [0.05, 0.1) is 34.0 Å². The molecule has 0 saturated heterocycles. The quantitative estimate of drug-likeness (QED) is 0.229. The number of carbonyl (C=O) groups excluding carboxylic acids is 2. The largest absolute Gasteiger partial charge is 0.495 e. The highest BCUT2D eigenvalue weighted by molar-refractivity contribution is 7.92. The highest BCUT2D eigenvalue weighted by Gasteiger charge is 2.24. The van der Waals surface area contributed by atoms with Crippen LogP contribution in [0.2, 0.25) is 10.0 Å². The molecule has 1 aromatic heterocycles. The first-order valence-electron chi connectivity index (χ1n) is 11.5. The topological polar surface area (TPSA) is 127 Å². The number of carbonyl (C=O) groups is 2. The van der Waals surface area contributed by atoms with Crippen molar-refractivity contribution in [3.63, 3.8) is 0 Å². The van der Waals surface area contributed by atoms with Crippen molar-refractivity contribution in [2.45, 2.75) is 17.4 Å². The van der Waals surface area contributed by atoms with Gasteiger partial charge in [-0.1, -0.05) is 53.5 Å². The van der Waals surface area contributed by atoms with E-state index in [-0.39, 0.29) is 44.2 Å². The smallest absolute Gasteiger partial charge is 0.287 e. The molecule has 0 spiro atoms. The predicted molar refractivity (Wildman–Crippen MR) is 149 cm³/mol. The molecule has 0 fully saturated rings. The molecule has 1 atom stereocenters. The van der Waals surface area contributed by atoms with Gasteiger partial charge in [-0.05, 0) is 54.1 Å². The van der Waals surface area contributed by atoms with Crippen molar-refractivity contribution >= 4 is 56.4 Å². The molecule has 12 heteroatoms. The Morgan fingerprint density at radius 2 is 1.72 bits per heavy atom. The number of halogens is 2. The van der Waals surface area contributed by atoms with E-state index in [9.17, 15) is 18.0 Å². The van der Waals surface area contributed by atoms with Crippen LogP contribution in [-0.4, -0.2) is 33.4 Å². The van der Waals surface area contributed by atoms with Crippen LogP contribution in [0.5, 0.6) is 5.75 Å². The fraction of sp³-hybridized carbons (Fsp3) is 0.111. The molecule has 1 heterocycles. The maximum Gasteiger partial charge on any atom is 0.287 e. The van der Waals surface area contributed by atoms with Crippen molar-refractivity contribution in [3.8, 4) is 5.75 Å². The van der Waals surface area contributed by atoms with E-state index in [1.54, 1.807) is 12.1 Å². The molecule has 202 valence electrons. The number of anilines is 2. The van der Waals surface area contributed by atoms with Gasteiger partial charge in [0.25, 0.3) is 15.9 Å². The minimum absolute atomic E-state index is 0.0595. The number of nitrogens with one attached hydrogen (secondary N) is 3. The Labute approximate surface area is 235 Å². The summed E-state index contributed by atoms with van der Waals surface area (Å²) in [5.41, 5.74) is 1.15. The SMILES string of the molecule is COc1ccc(NC(=O)[C@H](Cc2ccccc2)NC(=O)c2ccco2)cc1NS(=O)(=O)c1ccc(Cl)c(Cl)c1. The van der Waals surface area contributed by atoms with Crippen molar-refractivity contribution in [2.75, 3.05) is 17.1 Å². The van der Waals surface area contributed by atoms with Crippen LogP contribution in [0.4, 0.5) is 11.4 Å². The summed E-state index contributed by atoms with van der Waals surface area (Å²) in [6, 6.07) is 19.6. The first-order valence-corrected chi connectivity index (χ1v) is 13.8. The van der Waals surface area contributed by atoms with Crippen LogP contribution < -0.4 is 20.1 Å². The molecule has 4 rings (SSSR count). The van der Waals surface area contributed by atoms with Gasteiger partial charge in [-0.3, -0.25) is 14.3 Å². The van der Waals surface area contributed by atoms with E-state index in [0.717, 1.165) is 5.56 Å². The van der Waals surface area contributed by atoms with Gasteiger partial charge in [-0.15, -0.1) is 0 Å². The number of furan rings is 1. The monoisotopic (exact) mass is 587 g/mol. The van der Waals surface area contributed by atoms with Gasteiger partial charge < -0.3 is 19.8 Å². The maximum atomic E-state index is 13.3. The molecule has 3 N–H and O–H groups in total. The third-order valence-corrected chi connectivity index (χ3v) is 7.66. The lowest BCUT2D eigenvalue weighted by molar-refractivity contribution is -0.118. The molecule has 0 radical (unpaired) electrons. The van der Waals surface area contributed by atoms with E-state index >= 15 is 0 Å². The summed E-state index contributed by atoms with van der Waals surface area (Å²) in [6.45, 7) is 0. The van der Waals surface area contributed by atoms with Crippen LogP contribution in [0.15, 0.2) is 94.4 Å². The molecule has 0 aliphatic rings. The third-order valence-electron chi connectivity index (χ3n) is 5.56. The molecule has 4 aromatic rings. The molecule has 9 nitrogen and oxygen atoms in total. The van der Waals surface area contributed by atoms with Crippen LogP contribution in [0.3, 0.4) is 0 Å². The lowest BCUT2D eigenvalue weighted by Gasteiger charge is -2.19. The summed E-state index contributed by atoms with van der Waals surface area (Å²) >= 11 is 11.9. The molecule has 3 aromatic carbocycles. The minimum Gasteiger partial charge on any atom is -0.495 e. The molecule has 0 unspecified atom stereocenters. The second kappa shape index (κ2) is 12.2. The zero-order valence-corrected chi connectivity index (χ0v) is 22.8. The van der Waals surface area contributed by atoms with Crippen LogP contribution >= 0.6 is 23.2 Å². The van der Waals surface area contributed by atoms with Crippen LogP contribution in [-0.2, 0) is 21.2 Å². The highest BCUT2D eigenvalue weighted by Crippen LogP contribution is 2.31. The fourth-order valence-electron chi connectivity index (χ4n) is 3.64. The molecule has 0 bridgehead atoms. The number of sulfonamides is 1. The van der Waals surface area contributed by atoms with Gasteiger partial charge in [0.2, 0.25) is 5.91 Å². The van der Waals surface area contributed by atoms with Gasteiger partial charge in [0, 0.05) is 12.1 Å². The van der Waals surface area contributed by atoms with Gasteiger partial charge in [0.1, 0.15) is 11.8 Å². The van der Waals surface area contributed by atoms with Gasteiger partial charge in [-0.2, -0.15) is 0 Å². The van der Waals surface area contributed by atoms with Crippen molar-refractivity contribution < 1.29 is 27.2 Å². The second-order valence-corrected chi connectivity index (χ2v) is 10.8. The van der Waals surface area contributed by atoms with Gasteiger partial charge >= 0.3 is 0 Å². The van der Waals surface area contributed by atoms with E-state index < -0.39 is 27.9 Å². The second-order valence-electron chi connectivity index (χ2n) is 8.28. The summed E-state index contributed by atoms with van der Waals surface area (Å²) in [4.78, 5) is 25.8. The number of hydrogen-bond acceptors (Lipinski definition) is 6. The molecule has 39 heavy (non-hydrogen) atoms. The summed E-state index contributed by atoms with van der Waals surface area (Å²) in [6.07, 6.45) is 1.56. The normalized spacial score (nSPS) is 11.9.